The van der Waals surface area contributed by atoms with E-state index in [1.165, 1.54) is 36.7 Å². The Morgan fingerprint density at radius 2 is 2.23 bits per heavy atom. The van der Waals surface area contributed by atoms with E-state index in [2.05, 4.69) is 15.3 Å². The molecule has 0 unspecified atom stereocenters. The molecular weight excluding hydrogens is 422 g/mol. The van der Waals surface area contributed by atoms with Crippen molar-refractivity contribution in [3.63, 3.8) is 0 Å². The zero-order valence-electron chi connectivity index (χ0n) is 15.5. The lowest BCUT2D eigenvalue weighted by Gasteiger charge is -2.49. The summed E-state index contributed by atoms with van der Waals surface area (Å²) in [6.45, 7) is -0.332. The number of furan rings is 1. The number of hydrogen-bond donors (Lipinski definition) is 4. The summed E-state index contributed by atoms with van der Waals surface area (Å²) in [4.78, 5) is 54.0. The number of hydroxylamine groups is 1. The lowest BCUT2D eigenvalue weighted by atomic mass is 10.0. The highest BCUT2D eigenvalue weighted by molar-refractivity contribution is 8.00. The minimum atomic E-state index is -1.05. The number of fused-ring (bicyclic) bond motifs is 1. The first-order chi connectivity index (χ1) is 14.4. The molecule has 4 amide bonds. The smallest absolute Gasteiger partial charge is 0.404 e. The van der Waals surface area contributed by atoms with Crippen LogP contribution in [-0.4, -0.2) is 70.5 Å². The fourth-order valence-electron chi connectivity index (χ4n) is 2.93. The number of nitrogens with two attached hydrogens (primary N) is 1. The molecule has 3 rings (SSSR count). The van der Waals surface area contributed by atoms with E-state index >= 15 is 0 Å². The predicted molar refractivity (Wildman–Crippen MR) is 99.8 cm³/mol. The zero-order valence-corrected chi connectivity index (χ0v) is 16.3. The van der Waals surface area contributed by atoms with Crippen LogP contribution in [0.4, 0.5) is 4.79 Å². The van der Waals surface area contributed by atoms with Gasteiger partial charge in [-0.25, -0.2) is 10.3 Å². The van der Waals surface area contributed by atoms with Gasteiger partial charge in [0.1, 0.15) is 30.8 Å². The molecule has 160 valence electrons. The number of primary amides is 1. The number of thioether (sulfide) groups is 1. The summed E-state index contributed by atoms with van der Waals surface area (Å²) < 4.78 is 9.85. The Balaban J connectivity index is 1.79. The largest absolute Gasteiger partial charge is 0.462 e. The minimum Gasteiger partial charge on any atom is -0.462 e. The Morgan fingerprint density at radius 1 is 1.47 bits per heavy atom. The fraction of sp³-hybridized carbons (Fsp3) is 0.312. The van der Waals surface area contributed by atoms with E-state index in [-0.39, 0.29) is 35.1 Å². The molecule has 1 fully saturated rings. The van der Waals surface area contributed by atoms with Crippen LogP contribution >= 0.6 is 11.8 Å². The highest BCUT2D eigenvalue weighted by Gasteiger charge is 2.54. The van der Waals surface area contributed by atoms with Crippen molar-refractivity contribution in [1.29, 1.82) is 0 Å². The van der Waals surface area contributed by atoms with Crippen LogP contribution in [0.5, 0.6) is 0 Å². The lowest BCUT2D eigenvalue weighted by Crippen LogP contribution is -2.71. The van der Waals surface area contributed by atoms with E-state index in [9.17, 15) is 19.2 Å². The molecule has 0 saturated carbocycles. The van der Waals surface area contributed by atoms with Gasteiger partial charge in [0.25, 0.3) is 17.7 Å². The molecule has 13 nitrogen and oxygen atoms in total. The molecule has 1 saturated heterocycles. The molecule has 30 heavy (non-hydrogen) atoms. The standard InChI is InChI=1S/C16H17N5O8S/c1-27-20-9(8-3-2-4-28-8)12(22)18-10-14(24)21-11(13(23)19-26)7(5-29-16(17)25)6-30-15(10)21/h2-4,10,15,26H,5-6H2,1H3,(H2,17,25)(H,18,22)(H,19,23)/b20-9-/t10-,15+/m1/s1. The maximum atomic E-state index is 12.7. The summed E-state index contributed by atoms with van der Waals surface area (Å²) >= 11 is 1.22. The molecule has 0 radical (unpaired) electrons. The Hall–Kier alpha value is -3.52. The van der Waals surface area contributed by atoms with E-state index < -0.39 is 35.2 Å². The minimum absolute atomic E-state index is 0.139. The Kier molecular flexibility index (Phi) is 6.27. The third-order valence-electron chi connectivity index (χ3n) is 4.19. The lowest BCUT2D eigenvalue weighted by molar-refractivity contribution is -0.148. The van der Waals surface area contributed by atoms with Gasteiger partial charge in [-0.15, -0.1) is 11.8 Å². The highest BCUT2D eigenvalue weighted by Crippen LogP contribution is 2.40. The summed E-state index contributed by atoms with van der Waals surface area (Å²) in [6, 6.07) is 2.08. The number of rotatable bonds is 7. The molecule has 0 aromatic carbocycles. The molecule has 2 aliphatic rings. The monoisotopic (exact) mass is 439 g/mol. The van der Waals surface area contributed by atoms with Gasteiger partial charge in [0.2, 0.25) is 5.71 Å². The molecule has 1 aromatic heterocycles. The van der Waals surface area contributed by atoms with Gasteiger partial charge >= 0.3 is 6.09 Å². The number of β-lactam (4-membered cyclic amide) rings is 1. The Labute approximate surface area is 173 Å². The number of carbonyl (C=O) groups excluding carboxylic acids is 4. The first kappa shape index (κ1) is 21.2. The first-order valence-corrected chi connectivity index (χ1v) is 9.43. The van der Waals surface area contributed by atoms with Crippen molar-refractivity contribution in [3.05, 3.63) is 35.4 Å². The molecule has 2 atom stereocenters. The van der Waals surface area contributed by atoms with Gasteiger partial charge in [-0.3, -0.25) is 24.5 Å². The second kappa shape index (κ2) is 8.87. The molecular formula is C16H17N5O8S. The molecule has 0 aliphatic carbocycles. The van der Waals surface area contributed by atoms with Crippen molar-refractivity contribution in [2.24, 2.45) is 10.9 Å². The van der Waals surface area contributed by atoms with Crippen molar-refractivity contribution in [2.75, 3.05) is 19.5 Å². The molecule has 0 spiro atoms. The van der Waals surface area contributed by atoms with Gasteiger partial charge in [-0.2, -0.15) is 0 Å². The van der Waals surface area contributed by atoms with Crippen molar-refractivity contribution >= 4 is 41.3 Å². The van der Waals surface area contributed by atoms with E-state index in [0.29, 0.717) is 0 Å². The predicted octanol–water partition coefficient (Wildman–Crippen LogP) is -1.12. The topological polar surface area (TPSA) is 186 Å². The van der Waals surface area contributed by atoms with Crippen LogP contribution in [0, 0.1) is 0 Å². The van der Waals surface area contributed by atoms with E-state index in [4.69, 9.17) is 20.1 Å². The number of oxime groups is 1. The molecule has 5 N–H and O–H groups in total. The number of amides is 4. The van der Waals surface area contributed by atoms with E-state index in [1.54, 1.807) is 6.07 Å². The zero-order chi connectivity index (χ0) is 21.8. The molecule has 2 aliphatic heterocycles. The van der Waals surface area contributed by atoms with Crippen LogP contribution in [0.3, 0.4) is 0 Å². The quantitative estimate of drug-likeness (QED) is 0.177. The van der Waals surface area contributed by atoms with Crippen LogP contribution in [-0.2, 0) is 24.0 Å². The Morgan fingerprint density at radius 3 is 2.83 bits per heavy atom. The number of ether oxygens (including phenoxy) is 1. The second-order valence-corrected chi connectivity index (χ2v) is 7.07. The third kappa shape index (κ3) is 3.95. The van der Waals surface area contributed by atoms with Crippen molar-refractivity contribution in [3.8, 4) is 0 Å². The summed E-state index contributed by atoms with van der Waals surface area (Å²) in [5.74, 6) is -1.95. The van der Waals surface area contributed by atoms with Crippen molar-refractivity contribution < 1.29 is 38.4 Å². The second-order valence-electron chi connectivity index (χ2n) is 5.96. The summed E-state index contributed by atoms with van der Waals surface area (Å²) in [5, 5.41) is 14.6. The van der Waals surface area contributed by atoms with Crippen LogP contribution in [0.2, 0.25) is 0 Å². The summed E-state index contributed by atoms with van der Waals surface area (Å²) in [7, 11) is 1.25. The number of nitrogens with one attached hydrogen (secondary N) is 2. The molecule has 1 aromatic rings. The highest BCUT2D eigenvalue weighted by atomic mass is 32.2. The van der Waals surface area contributed by atoms with Gasteiger partial charge in [-0.05, 0) is 12.1 Å². The normalized spacial score (nSPS) is 20.8. The van der Waals surface area contributed by atoms with Crippen LogP contribution in [0.1, 0.15) is 5.76 Å². The van der Waals surface area contributed by atoms with Gasteiger partial charge < -0.3 is 25.0 Å². The van der Waals surface area contributed by atoms with Crippen molar-refractivity contribution in [1.82, 2.24) is 15.7 Å². The SMILES string of the molecule is CO/N=C(\C(=O)N[C@@H]1C(=O)N2C(C(=O)NO)=C(COC(N)=O)CS[C@@H]12)c1ccco1. The van der Waals surface area contributed by atoms with E-state index in [1.807, 2.05) is 0 Å². The van der Waals surface area contributed by atoms with Crippen LogP contribution in [0.25, 0.3) is 0 Å². The molecule has 0 bridgehead atoms. The average molecular weight is 439 g/mol. The summed E-state index contributed by atoms with van der Waals surface area (Å²) in [6.07, 6.45) is 0.294. The maximum absolute atomic E-state index is 12.7. The number of carbonyl (C=O) groups is 4. The van der Waals surface area contributed by atoms with E-state index in [0.717, 1.165) is 4.90 Å². The van der Waals surface area contributed by atoms with Crippen LogP contribution in [0.15, 0.2) is 39.2 Å². The van der Waals surface area contributed by atoms with Crippen molar-refractivity contribution in [2.45, 2.75) is 11.4 Å². The first-order valence-electron chi connectivity index (χ1n) is 8.38. The summed E-state index contributed by atoms with van der Waals surface area (Å²) in [5.41, 5.74) is 6.33. The van der Waals surface area contributed by atoms with Crippen LogP contribution < -0.4 is 16.5 Å². The maximum Gasteiger partial charge on any atom is 0.404 e. The fourth-order valence-corrected chi connectivity index (χ4v) is 4.26. The number of hydrogen-bond acceptors (Lipinski definition) is 10. The van der Waals surface area contributed by atoms with Gasteiger partial charge in [0.15, 0.2) is 5.76 Å². The Bertz CT molecular complexity index is 928. The molecule has 14 heteroatoms. The van der Waals surface area contributed by atoms with Gasteiger partial charge in [0.05, 0.1) is 6.26 Å². The molecule has 3 heterocycles. The van der Waals surface area contributed by atoms with Gasteiger partial charge in [-0.1, -0.05) is 5.16 Å². The average Bonchev–Trinajstić information content (AvgIpc) is 3.27. The van der Waals surface area contributed by atoms with Gasteiger partial charge in [0, 0.05) is 11.3 Å². The number of nitrogens with zero attached hydrogens (tertiary/aromatic N) is 2. The third-order valence-corrected chi connectivity index (χ3v) is 5.53.